The Morgan fingerprint density at radius 1 is 1.53 bits per heavy atom. The number of thiazole rings is 1. The van der Waals surface area contributed by atoms with E-state index in [0.717, 1.165) is 20.9 Å². The number of aromatic nitrogens is 1. The third kappa shape index (κ3) is 2.16. The van der Waals surface area contributed by atoms with Crippen LogP contribution in [0, 0.1) is 6.92 Å². The van der Waals surface area contributed by atoms with Gasteiger partial charge in [0.2, 0.25) is 5.13 Å². The molecule has 0 radical (unpaired) electrons. The van der Waals surface area contributed by atoms with Crippen molar-refractivity contribution in [3.8, 4) is 0 Å². The van der Waals surface area contributed by atoms with Gasteiger partial charge in [0.15, 0.2) is 5.11 Å². The average Bonchev–Trinajstić information content (AvgIpc) is 2.59. The Morgan fingerprint density at radius 2 is 2.33 bits per heavy atom. The van der Waals surface area contributed by atoms with Gasteiger partial charge in [-0.15, -0.1) is 0 Å². The van der Waals surface area contributed by atoms with Gasteiger partial charge in [-0.2, -0.15) is 0 Å². The van der Waals surface area contributed by atoms with Crippen LogP contribution in [0.3, 0.4) is 0 Å². The van der Waals surface area contributed by atoms with E-state index in [0.29, 0.717) is 0 Å². The topological polar surface area (TPSA) is 63.0 Å². The molecule has 0 aliphatic carbocycles. The summed E-state index contributed by atoms with van der Waals surface area (Å²) in [7, 11) is 0. The molecule has 0 saturated carbocycles. The Balaban J connectivity index is 2.31. The number of thiocarbonyl (C=S) groups is 1. The highest BCUT2D eigenvalue weighted by Gasteiger charge is 2.04. The molecule has 0 saturated heterocycles. The summed E-state index contributed by atoms with van der Waals surface area (Å²) in [5, 5.41) is 0.957. The van der Waals surface area contributed by atoms with Crippen molar-refractivity contribution < 1.29 is 0 Å². The van der Waals surface area contributed by atoms with E-state index in [9.17, 15) is 0 Å². The quantitative estimate of drug-likeness (QED) is 0.550. The first kappa shape index (κ1) is 10.1. The molecule has 0 unspecified atom stereocenters. The fourth-order valence-corrected chi connectivity index (χ4v) is 2.20. The van der Waals surface area contributed by atoms with Crippen LogP contribution in [0.4, 0.5) is 5.13 Å². The SMILES string of the molecule is Cc1cccc2sc(NNC(N)=S)nc12. The molecule has 6 heteroatoms. The van der Waals surface area contributed by atoms with Gasteiger partial charge >= 0.3 is 0 Å². The number of hydrogen-bond donors (Lipinski definition) is 3. The second-order valence-electron chi connectivity index (χ2n) is 3.05. The molecule has 4 nitrogen and oxygen atoms in total. The maximum atomic E-state index is 5.30. The second-order valence-corrected chi connectivity index (χ2v) is 4.53. The van der Waals surface area contributed by atoms with Crippen molar-refractivity contribution in [2.75, 3.05) is 5.43 Å². The summed E-state index contributed by atoms with van der Waals surface area (Å²) in [4.78, 5) is 4.41. The highest BCUT2D eigenvalue weighted by Crippen LogP contribution is 2.27. The zero-order valence-electron chi connectivity index (χ0n) is 8.07. The van der Waals surface area contributed by atoms with Crippen LogP contribution in [0.15, 0.2) is 18.2 Å². The molecule has 0 bridgehead atoms. The summed E-state index contributed by atoms with van der Waals surface area (Å²) in [6.07, 6.45) is 0. The monoisotopic (exact) mass is 238 g/mol. The Morgan fingerprint density at radius 3 is 3.00 bits per heavy atom. The number of nitrogens with two attached hydrogens (primary N) is 1. The predicted molar refractivity (Wildman–Crippen MR) is 67.9 cm³/mol. The van der Waals surface area contributed by atoms with Crippen LogP contribution >= 0.6 is 23.6 Å². The number of nitrogens with zero attached hydrogens (tertiary/aromatic N) is 1. The summed E-state index contributed by atoms with van der Waals surface area (Å²) in [6, 6.07) is 6.08. The molecular formula is C9H10N4S2. The highest BCUT2D eigenvalue weighted by molar-refractivity contribution is 7.80. The van der Waals surface area contributed by atoms with Crippen LogP contribution in [0.1, 0.15) is 5.56 Å². The van der Waals surface area contributed by atoms with Crippen LogP contribution in [0.25, 0.3) is 10.2 Å². The van der Waals surface area contributed by atoms with Gasteiger partial charge in [-0.3, -0.25) is 10.9 Å². The van der Waals surface area contributed by atoms with Gasteiger partial charge < -0.3 is 5.73 Å². The van der Waals surface area contributed by atoms with Gasteiger partial charge in [0.1, 0.15) is 0 Å². The standard InChI is InChI=1S/C9H10N4S2/c1-5-3-2-4-6-7(5)11-9(15-6)13-12-8(10)14/h2-4H,1H3,(H,11,13)(H3,10,12,14). The van der Waals surface area contributed by atoms with Gasteiger partial charge in [0.05, 0.1) is 10.2 Å². The van der Waals surface area contributed by atoms with Gasteiger partial charge in [-0.1, -0.05) is 23.5 Å². The first-order chi connectivity index (χ1) is 7.16. The zero-order valence-corrected chi connectivity index (χ0v) is 9.71. The maximum Gasteiger partial charge on any atom is 0.202 e. The van der Waals surface area contributed by atoms with E-state index in [1.165, 1.54) is 0 Å². The lowest BCUT2D eigenvalue weighted by atomic mass is 10.2. The first-order valence-corrected chi connectivity index (χ1v) is 5.57. The van der Waals surface area contributed by atoms with E-state index in [4.69, 9.17) is 5.73 Å². The summed E-state index contributed by atoms with van der Waals surface area (Å²) < 4.78 is 1.14. The Bertz CT molecular complexity index is 506. The van der Waals surface area contributed by atoms with Gasteiger partial charge in [0.25, 0.3) is 0 Å². The third-order valence-electron chi connectivity index (χ3n) is 1.91. The molecule has 4 N–H and O–H groups in total. The van der Waals surface area contributed by atoms with E-state index in [2.05, 4.69) is 28.1 Å². The van der Waals surface area contributed by atoms with Crippen molar-refractivity contribution >= 4 is 44.0 Å². The van der Waals surface area contributed by atoms with E-state index < -0.39 is 0 Å². The zero-order chi connectivity index (χ0) is 10.8. The molecule has 78 valence electrons. The summed E-state index contributed by atoms with van der Waals surface area (Å²) in [6.45, 7) is 2.03. The second kappa shape index (κ2) is 4.00. The minimum absolute atomic E-state index is 0.200. The molecular weight excluding hydrogens is 228 g/mol. The predicted octanol–water partition coefficient (Wildman–Crippen LogP) is 1.76. The van der Waals surface area contributed by atoms with Crippen molar-refractivity contribution in [3.05, 3.63) is 23.8 Å². The molecule has 0 fully saturated rings. The molecule has 0 aliphatic heterocycles. The fraction of sp³-hybridized carbons (Fsp3) is 0.111. The number of hydrazine groups is 1. The van der Waals surface area contributed by atoms with Crippen LogP contribution in [-0.4, -0.2) is 10.1 Å². The van der Waals surface area contributed by atoms with Crippen molar-refractivity contribution in [1.29, 1.82) is 0 Å². The van der Waals surface area contributed by atoms with E-state index in [-0.39, 0.29) is 5.11 Å². The number of hydrogen-bond acceptors (Lipinski definition) is 4. The van der Waals surface area contributed by atoms with E-state index in [1.54, 1.807) is 11.3 Å². The smallest absolute Gasteiger partial charge is 0.202 e. The minimum Gasteiger partial charge on any atom is -0.375 e. The molecule has 0 amide bonds. The third-order valence-corrected chi connectivity index (χ3v) is 2.95. The minimum atomic E-state index is 0.200. The lowest BCUT2D eigenvalue weighted by Gasteiger charge is -2.01. The Hall–Kier alpha value is -1.40. The largest absolute Gasteiger partial charge is 0.375 e. The maximum absolute atomic E-state index is 5.30. The molecule has 1 heterocycles. The van der Waals surface area contributed by atoms with E-state index in [1.807, 2.05) is 25.1 Å². The molecule has 1 aromatic heterocycles. The number of anilines is 1. The normalized spacial score (nSPS) is 10.2. The molecule has 0 atom stereocenters. The molecule has 0 aliphatic rings. The average molecular weight is 238 g/mol. The molecule has 2 rings (SSSR count). The van der Waals surface area contributed by atoms with Crippen LogP contribution < -0.4 is 16.6 Å². The number of para-hydroxylation sites is 1. The Kier molecular flexibility index (Phi) is 2.70. The lowest BCUT2D eigenvalue weighted by Crippen LogP contribution is -2.33. The van der Waals surface area contributed by atoms with Crippen LogP contribution in [0.5, 0.6) is 0 Å². The number of aryl methyl sites for hydroxylation is 1. The van der Waals surface area contributed by atoms with Gasteiger partial charge in [0, 0.05) is 0 Å². The number of rotatable bonds is 2. The molecule has 0 spiro atoms. The summed E-state index contributed by atoms with van der Waals surface area (Å²) in [5.41, 5.74) is 13.0. The first-order valence-electron chi connectivity index (χ1n) is 4.34. The molecule has 1 aromatic carbocycles. The van der Waals surface area contributed by atoms with E-state index >= 15 is 0 Å². The van der Waals surface area contributed by atoms with Crippen LogP contribution in [-0.2, 0) is 0 Å². The number of nitrogens with one attached hydrogen (secondary N) is 2. The summed E-state index contributed by atoms with van der Waals surface area (Å²) in [5.74, 6) is 0. The highest BCUT2D eigenvalue weighted by atomic mass is 32.1. The van der Waals surface area contributed by atoms with Crippen molar-refractivity contribution in [2.24, 2.45) is 5.73 Å². The van der Waals surface area contributed by atoms with Crippen molar-refractivity contribution in [2.45, 2.75) is 6.92 Å². The van der Waals surface area contributed by atoms with Crippen LogP contribution in [0.2, 0.25) is 0 Å². The lowest BCUT2D eigenvalue weighted by molar-refractivity contribution is 1.12. The van der Waals surface area contributed by atoms with Crippen molar-refractivity contribution in [3.63, 3.8) is 0 Å². The van der Waals surface area contributed by atoms with Gasteiger partial charge in [-0.25, -0.2) is 4.98 Å². The molecule has 15 heavy (non-hydrogen) atoms. The van der Waals surface area contributed by atoms with Gasteiger partial charge in [-0.05, 0) is 30.8 Å². The summed E-state index contributed by atoms with van der Waals surface area (Å²) >= 11 is 6.24. The number of fused-ring (bicyclic) bond motifs is 1. The molecule has 2 aromatic rings. The Labute approximate surface area is 96.5 Å². The fourth-order valence-electron chi connectivity index (χ4n) is 1.25. The van der Waals surface area contributed by atoms with Crippen molar-refractivity contribution in [1.82, 2.24) is 10.4 Å². The number of benzene rings is 1.